The molecule has 32 heavy (non-hydrogen) atoms. The highest BCUT2D eigenvalue weighted by atomic mass is 32.1. The van der Waals surface area contributed by atoms with E-state index < -0.39 is 5.91 Å². The van der Waals surface area contributed by atoms with Crippen molar-refractivity contribution in [3.63, 3.8) is 0 Å². The van der Waals surface area contributed by atoms with Crippen molar-refractivity contribution in [2.45, 2.75) is 6.61 Å². The molecule has 0 aliphatic carbocycles. The molecule has 2 heterocycles. The lowest BCUT2D eigenvalue weighted by Gasteiger charge is -2.28. The van der Waals surface area contributed by atoms with E-state index in [9.17, 15) is 10.1 Å². The number of rotatable bonds is 7. The Hall–Kier alpha value is -3.67. The van der Waals surface area contributed by atoms with Crippen molar-refractivity contribution in [1.82, 2.24) is 4.98 Å². The first-order valence-corrected chi connectivity index (χ1v) is 11.1. The number of hydrogen-bond donors (Lipinski definition) is 1. The van der Waals surface area contributed by atoms with Crippen molar-refractivity contribution in [2.75, 3.05) is 36.5 Å². The summed E-state index contributed by atoms with van der Waals surface area (Å²) in [5, 5.41) is 14.2. The largest absolute Gasteiger partial charge is 0.487 e. The second-order valence-corrected chi connectivity index (χ2v) is 7.83. The molecule has 2 aromatic carbocycles. The van der Waals surface area contributed by atoms with Crippen LogP contribution in [0.3, 0.4) is 0 Å². The molecule has 8 heteroatoms. The predicted molar refractivity (Wildman–Crippen MR) is 125 cm³/mol. The summed E-state index contributed by atoms with van der Waals surface area (Å²) < 4.78 is 11.1. The Labute approximate surface area is 190 Å². The molecular formula is C24H22N4O3S. The molecule has 4 rings (SSSR count). The molecule has 1 aromatic heterocycles. The third-order valence-corrected chi connectivity index (χ3v) is 5.56. The van der Waals surface area contributed by atoms with Crippen molar-refractivity contribution in [2.24, 2.45) is 0 Å². The van der Waals surface area contributed by atoms with Gasteiger partial charge in [-0.2, -0.15) is 5.26 Å². The zero-order valence-electron chi connectivity index (χ0n) is 17.4. The van der Waals surface area contributed by atoms with Crippen LogP contribution in [0.25, 0.3) is 6.08 Å². The fourth-order valence-electron chi connectivity index (χ4n) is 3.22. The second kappa shape index (κ2) is 10.6. The Balaban J connectivity index is 1.36. The monoisotopic (exact) mass is 446 g/mol. The molecule has 0 unspecified atom stereocenters. The Morgan fingerprint density at radius 1 is 1.19 bits per heavy atom. The standard InChI is InChI=1S/C24H22N4O3S/c25-14-19(13-18-1-7-23(8-2-18)31-15-21-16-32-17-26-21)24(29)27-20-3-5-22(6-4-20)28-9-11-30-12-10-28/h1-8,13,16-17H,9-12,15H2,(H,27,29)/b19-13+. The molecule has 7 nitrogen and oxygen atoms in total. The van der Waals surface area contributed by atoms with Crippen LogP contribution in [-0.4, -0.2) is 37.2 Å². The van der Waals surface area contributed by atoms with Crippen molar-refractivity contribution in [3.05, 3.63) is 76.3 Å². The summed E-state index contributed by atoms with van der Waals surface area (Å²) in [6.45, 7) is 3.53. The molecule has 1 aliphatic rings. The van der Waals surface area contributed by atoms with Crippen LogP contribution < -0.4 is 15.0 Å². The Kier molecular flexibility index (Phi) is 7.12. The number of nitrogens with zero attached hydrogens (tertiary/aromatic N) is 3. The minimum Gasteiger partial charge on any atom is -0.487 e. The van der Waals surface area contributed by atoms with E-state index in [0.717, 1.165) is 30.0 Å². The zero-order valence-corrected chi connectivity index (χ0v) is 18.2. The van der Waals surface area contributed by atoms with Crippen molar-refractivity contribution in [1.29, 1.82) is 5.26 Å². The first-order chi connectivity index (χ1) is 15.7. The molecule has 0 spiro atoms. The van der Waals surface area contributed by atoms with E-state index in [1.165, 1.54) is 11.3 Å². The lowest BCUT2D eigenvalue weighted by atomic mass is 10.1. The van der Waals surface area contributed by atoms with Gasteiger partial charge in [-0.05, 0) is 48.0 Å². The highest BCUT2D eigenvalue weighted by Gasteiger charge is 2.13. The molecule has 1 aliphatic heterocycles. The van der Waals surface area contributed by atoms with Crippen LogP contribution in [0, 0.1) is 11.3 Å². The number of nitrogens with one attached hydrogen (secondary N) is 1. The van der Waals surface area contributed by atoms with Gasteiger partial charge in [-0.3, -0.25) is 4.79 Å². The summed E-state index contributed by atoms with van der Waals surface area (Å²) >= 11 is 1.52. The number of ether oxygens (including phenoxy) is 2. The Morgan fingerprint density at radius 2 is 1.94 bits per heavy atom. The molecular weight excluding hydrogens is 424 g/mol. The number of aromatic nitrogens is 1. The first kappa shape index (κ1) is 21.6. The van der Waals surface area contributed by atoms with Gasteiger partial charge < -0.3 is 19.7 Å². The molecule has 0 atom stereocenters. The van der Waals surface area contributed by atoms with Crippen molar-refractivity contribution in [3.8, 4) is 11.8 Å². The SMILES string of the molecule is N#C/C(=C\c1ccc(OCc2cscn2)cc1)C(=O)Nc1ccc(N2CCOCC2)cc1. The quantitative estimate of drug-likeness (QED) is 0.434. The van der Waals surface area contributed by atoms with E-state index in [2.05, 4.69) is 15.2 Å². The topological polar surface area (TPSA) is 87.5 Å². The van der Waals surface area contributed by atoms with Crippen LogP contribution in [-0.2, 0) is 16.1 Å². The summed E-state index contributed by atoms with van der Waals surface area (Å²) in [5.74, 6) is 0.244. The average molecular weight is 447 g/mol. The van der Waals surface area contributed by atoms with Gasteiger partial charge in [-0.1, -0.05) is 12.1 Å². The molecule has 162 valence electrons. The summed E-state index contributed by atoms with van der Waals surface area (Å²) in [5.41, 5.74) is 5.12. The lowest BCUT2D eigenvalue weighted by molar-refractivity contribution is -0.112. The molecule has 0 saturated carbocycles. The summed E-state index contributed by atoms with van der Waals surface area (Å²) in [4.78, 5) is 19.0. The molecule has 1 amide bonds. The van der Waals surface area contributed by atoms with Crippen LogP contribution in [0.1, 0.15) is 11.3 Å². The van der Waals surface area contributed by atoms with Crippen LogP contribution in [0.15, 0.2) is 65.0 Å². The number of anilines is 2. The van der Waals surface area contributed by atoms with Gasteiger partial charge in [0, 0.05) is 29.8 Å². The highest BCUT2D eigenvalue weighted by molar-refractivity contribution is 7.07. The van der Waals surface area contributed by atoms with E-state index >= 15 is 0 Å². The average Bonchev–Trinajstić information content (AvgIpc) is 3.37. The first-order valence-electron chi connectivity index (χ1n) is 10.2. The van der Waals surface area contributed by atoms with Gasteiger partial charge in [0.2, 0.25) is 0 Å². The van der Waals surface area contributed by atoms with Gasteiger partial charge in [0.05, 0.1) is 24.4 Å². The molecule has 3 aromatic rings. The van der Waals surface area contributed by atoms with Gasteiger partial charge in [-0.25, -0.2) is 4.98 Å². The number of morpholine rings is 1. The maximum absolute atomic E-state index is 12.6. The summed E-state index contributed by atoms with van der Waals surface area (Å²) in [6.07, 6.45) is 1.56. The van der Waals surface area contributed by atoms with E-state index in [1.807, 2.05) is 35.7 Å². The maximum Gasteiger partial charge on any atom is 0.266 e. The number of thiazole rings is 1. The van der Waals surface area contributed by atoms with Crippen LogP contribution >= 0.6 is 11.3 Å². The second-order valence-electron chi connectivity index (χ2n) is 7.11. The Morgan fingerprint density at radius 3 is 2.59 bits per heavy atom. The number of amides is 1. The number of hydrogen-bond acceptors (Lipinski definition) is 7. The van der Waals surface area contributed by atoms with Crippen LogP contribution in [0.2, 0.25) is 0 Å². The van der Waals surface area contributed by atoms with E-state index in [0.29, 0.717) is 31.3 Å². The van der Waals surface area contributed by atoms with Crippen LogP contribution in [0.4, 0.5) is 11.4 Å². The van der Waals surface area contributed by atoms with E-state index in [1.54, 1.807) is 35.9 Å². The van der Waals surface area contributed by atoms with E-state index in [-0.39, 0.29) is 5.57 Å². The minimum absolute atomic E-state index is 0.0263. The zero-order chi connectivity index (χ0) is 22.2. The molecule has 1 fully saturated rings. The third-order valence-electron chi connectivity index (χ3n) is 4.93. The smallest absolute Gasteiger partial charge is 0.266 e. The van der Waals surface area contributed by atoms with Gasteiger partial charge in [0.25, 0.3) is 5.91 Å². The van der Waals surface area contributed by atoms with Crippen LogP contribution in [0.5, 0.6) is 5.75 Å². The fourth-order valence-corrected chi connectivity index (χ4v) is 3.76. The van der Waals surface area contributed by atoms with Gasteiger partial charge >= 0.3 is 0 Å². The molecule has 0 bridgehead atoms. The number of carbonyl (C=O) groups excluding carboxylic acids is 1. The molecule has 0 radical (unpaired) electrons. The van der Waals surface area contributed by atoms with Gasteiger partial charge in [0.1, 0.15) is 24.0 Å². The normalized spacial score (nSPS) is 14.0. The lowest BCUT2D eigenvalue weighted by Crippen LogP contribution is -2.36. The molecule has 1 N–H and O–H groups in total. The maximum atomic E-state index is 12.6. The number of nitriles is 1. The fraction of sp³-hybridized carbons (Fsp3) is 0.208. The Bertz CT molecular complexity index is 1100. The summed E-state index contributed by atoms with van der Waals surface area (Å²) in [7, 11) is 0. The number of benzene rings is 2. The number of carbonyl (C=O) groups is 1. The van der Waals surface area contributed by atoms with Gasteiger partial charge in [-0.15, -0.1) is 11.3 Å². The third kappa shape index (κ3) is 5.72. The molecule has 1 saturated heterocycles. The minimum atomic E-state index is -0.449. The summed E-state index contributed by atoms with van der Waals surface area (Å²) in [6, 6.07) is 16.8. The van der Waals surface area contributed by atoms with Crippen molar-refractivity contribution < 1.29 is 14.3 Å². The van der Waals surface area contributed by atoms with Gasteiger partial charge in [0.15, 0.2) is 0 Å². The van der Waals surface area contributed by atoms with E-state index in [4.69, 9.17) is 9.47 Å². The van der Waals surface area contributed by atoms with Crippen molar-refractivity contribution >= 4 is 34.7 Å². The highest BCUT2D eigenvalue weighted by Crippen LogP contribution is 2.20. The predicted octanol–water partition coefficient (Wildman–Crippen LogP) is 4.10.